The summed E-state index contributed by atoms with van der Waals surface area (Å²) in [6.45, 7) is 0.623. The second kappa shape index (κ2) is 5.06. The third-order valence-corrected chi connectivity index (χ3v) is 3.00. The third-order valence-electron chi connectivity index (χ3n) is 3.00. The van der Waals surface area contributed by atoms with Crippen molar-refractivity contribution >= 4 is 16.9 Å². The number of nitrogens with one attached hydrogen (secondary N) is 2. The molecule has 2 N–H and O–H groups in total. The molecular weight excluding hydrogens is 243 g/mol. The van der Waals surface area contributed by atoms with Crippen LogP contribution in [0.5, 0.6) is 0 Å². The average molecular weight is 256 g/mol. The minimum Gasteiger partial charge on any atom is -0.369 e. The first-order chi connectivity index (χ1) is 9.34. The SMILES string of the molecule is Fc1ccccc1CCNc1ncnc2[nH]ccc12. The van der Waals surface area contributed by atoms with Gasteiger partial charge in [0, 0.05) is 12.7 Å². The molecule has 0 aliphatic heterocycles. The molecule has 5 heteroatoms. The van der Waals surface area contributed by atoms with Gasteiger partial charge in [-0.3, -0.25) is 0 Å². The van der Waals surface area contributed by atoms with Gasteiger partial charge in [0.25, 0.3) is 0 Å². The summed E-state index contributed by atoms with van der Waals surface area (Å²) >= 11 is 0. The monoisotopic (exact) mass is 256 g/mol. The Kier molecular flexibility index (Phi) is 3.10. The number of nitrogens with zero attached hydrogens (tertiary/aromatic N) is 2. The van der Waals surface area contributed by atoms with Crippen molar-refractivity contribution in [3.05, 3.63) is 54.2 Å². The summed E-state index contributed by atoms with van der Waals surface area (Å²) < 4.78 is 13.5. The van der Waals surface area contributed by atoms with Gasteiger partial charge in [-0.05, 0) is 24.1 Å². The fourth-order valence-corrected chi connectivity index (χ4v) is 2.03. The molecule has 0 radical (unpaired) electrons. The van der Waals surface area contributed by atoms with E-state index in [1.807, 2.05) is 18.3 Å². The highest BCUT2D eigenvalue weighted by Crippen LogP contribution is 2.17. The van der Waals surface area contributed by atoms with Crippen molar-refractivity contribution < 1.29 is 4.39 Å². The zero-order valence-corrected chi connectivity index (χ0v) is 10.2. The maximum absolute atomic E-state index is 13.5. The van der Waals surface area contributed by atoms with E-state index in [9.17, 15) is 4.39 Å². The van der Waals surface area contributed by atoms with Gasteiger partial charge in [-0.2, -0.15) is 0 Å². The van der Waals surface area contributed by atoms with E-state index in [0.29, 0.717) is 18.5 Å². The molecular formula is C14H13FN4. The lowest BCUT2D eigenvalue weighted by Gasteiger charge is -2.07. The Balaban J connectivity index is 1.70. The van der Waals surface area contributed by atoms with Gasteiger partial charge in [0.2, 0.25) is 0 Å². The van der Waals surface area contributed by atoms with E-state index in [1.165, 1.54) is 12.4 Å². The van der Waals surface area contributed by atoms with Gasteiger partial charge in [0.1, 0.15) is 23.6 Å². The highest BCUT2D eigenvalue weighted by Gasteiger charge is 2.04. The molecule has 0 bridgehead atoms. The number of hydrogen-bond donors (Lipinski definition) is 2. The summed E-state index contributed by atoms with van der Waals surface area (Å²) in [5.41, 5.74) is 1.50. The van der Waals surface area contributed by atoms with Crippen LogP contribution in [-0.4, -0.2) is 21.5 Å². The predicted octanol–water partition coefficient (Wildman–Crippen LogP) is 2.75. The largest absolute Gasteiger partial charge is 0.369 e. The molecule has 3 rings (SSSR count). The van der Waals surface area contributed by atoms with E-state index >= 15 is 0 Å². The molecule has 0 spiro atoms. The van der Waals surface area contributed by atoms with Crippen molar-refractivity contribution in [3.63, 3.8) is 0 Å². The number of aromatic amines is 1. The van der Waals surface area contributed by atoms with Gasteiger partial charge in [0.05, 0.1) is 5.39 Å². The lowest BCUT2D eigenvalue weighted by atomic mass is 10.1. The summed E-state index contributed by atoms with van der Waals surface area (Å²) in [6, 6.07) is 8.72. The molecule has 1 aromatic carbocycles. The van der Waals surface area contributed by atoms with E-state index in [0.717, 1.165) is 16.9 Å². The van der Waals surface area contributed by atoms with Crippen molar-refractivity contribution in [1.29, 1.82) is 0 Å². The summed E-state index contributed by atoms with van der Waals surface area (Å²) in [5, 5.41) is 4.15. The van der Waals surface area contributed by atoms with Crippen LogP contribution < -0.4 is 5.32 Å². The Morgan fingerprint density at radius 1 is 1.16 bits per heavy atom. The number of benzene rings is 1. The molecule has 0 saturated carbocycles. The lowest BCUT2D eigenvalue weighted by Crippen LogP contribution is -2.07. The van der Waals surface area contributed by atoms with E-state index in [4.69, 9.17) is 0 Å². The molecule has 3 aromatic rings. The van der Waals surface area contributed by atoms with Crippen LogP contribution in [0, 0.1) is 5.82 Å². The van der Waals surface area contributed by atoms with Crippen LogP contribution in [0.2, 0.25) is 0 Å². The van der Waals surface area contributed by atoms with Crippen molar-refractivity contribution in [1.82, 2.24) is 15.0 Å². The molecule has 2 aromatic heterocycles. The van der Waals surface area contributed by atoms with Crippen molar-refractivity contribution in [2.45, 2.75) is 6.42 Å². The smallest absolute Gasteiger partial charge is 0.142 e. The molecule has 0 fully saturated rings. The Labute approximate surface area is 109 Å². The summed E-state index contributed by atoms with van der Waals surface area (Å²) in [5.74, 6) is 0.598. The van der Waals surface area contributed by atoms with Gasteiger partial charge in [-0.25, -0.2) is 14.4 Å². The Morgan fingerprint density at radius 3 is 2.95 bits per heavy atom. The van der Waals surface area contributed by atoms with Crippen LogP contribution in [0.25, 0.3) is 11.0 Å². The fraction of sp³-hybridized carbons (Fsp3) is 0.143. The van der Waals surface area contributed by atoms with Crippen LogP contribution in [0.4, 0.5) is 10.2 Å². The Morgan fingerprint density at radius 2 is 2.05 bits per heavy atom. The Bertz CT molecular complexity index is 692. The van der Waals surface area contributed by atoms with Gasteiger partial charge in [0.15, 0.2) is 0 Å². The summed E-state index contributed by atoms with van der Waals surface area (Å²) in [4.78, 5) is 11.3. The van der Waals surface area contributed by atoms with Gasteiger partial charge >= 0.3 is 0 Å². The topological polar surface area (TPSA) is 53.6 Å². The normalized spacial score (nSPS) is 10.8. The second-order valence-electron chi connectivity index (χ2n) is 4.23. The summed E-state index contributed by atoms with van der Waals surface area (Å²) in [6.07, 6.45) is 3.94. The maximum atomic E-state index is 13.5. The molecule has 0 aliphatic rings. The second-order valence-corrected chi connectivity index (χ2v) is 4.23. The standard InChI is InChI=1S/C14H13FN4/c15-12-4-2-1-3-10(12)5-7-16-13-11-6-8-17-14(11)19-9-18-13/h1-4,6,8-9H,5,7H2,(H2,16,17,18,19). The van der Waals surface area contributed by atoms with Crippen LogP contribution in [-0.2, 0) is 6.42 Å². The number of anilines is 1. The number of aromatic nitrogens is 3. The molecule has 0 saturated heterocycles. The average Bonchev–Trinajstić information content (AvgIpc) is 2.90. The molecule has 19 heavy (non-hydrogen) atoms. The van der Waals surface area contributed by atoms with Crippen molar-refractivity contribution in [2.24, 2.45) is 0 Å². The predicted molar refractivity (Wildman–Crippen MR) is 72.5 cm³/mol. The zero-order chi connectivity index (χ0) is 13.1. The van der Waals surface area contributed by atoms with Crippen molar-refractivity contribution in [3.8, 4) is 0 Å². The molecule has 2 heterocycles. The van der Waals surface area contributed by atoms with E-state index < -0.39 is 0 Å². The number of fused-ring (bicyclic) bond motifs is 1. The molecule has 0 aliphatic carbocycles. The minimum absolute atomic E-state index is 0.168. The summed E-state index contributed by atoms with van der Waals surface area (Å²) in [7, 11) is 0. The van der Waals surface area contributed by atoms with E-state index in [2.05, 4.69) is 20.3 Å². The molecule has 0 unspecified atom stereocenters. The van der Waals surface area contributed by atoms with Crippen LogP contribution >= 0.6 is 0 Å². The lowest BCUT2D eigenvalue weighted by molar-refractivity contribution is 0.610. The fourth-order valence-electron chi connectivity index (χ4n) is 2.03. The molecule has 0 atom stereocenters. The van der Waals surface area contributed by atoms with Crippen molar-refractivity contribution in [2.75, 3.05) is 11.9 Å². The number of H-pyrrole nitrogens is 1. The zero-order valence-electron chi connectivity index (χ0n) is 10.2. The first-order valence-electron chi connectivity index (χ1n) is 6.10. The minimum atomic E-state index is -0.168. The van der Waals surface area contributed by atoms with Gasteiger partial charge in [-0.15, -0.1) is 0 Å². The molecule has 0 amide bonds. The van der Waals surface area contributed by atoms with Crippen LogP contribution in [0.3, 0.4) is 0 Å². The van der Waals surface area contributed by atoms with E-state index in [-0.39, 0.29) is 5.82 Å². The third kappa shape index (κ3) is 2.40. The quantitative estimate of drug-likeness (QED) is 0.754. The number of halogens is 1. The maximum Gasteiger partial charge on any atom is 0.142 e. The van der Waals surface area contributed by atoms with Gasteiger partial charge < -0.3 is 10.3 Å². The van der Waals surface area contributed by atoms with Crippen LogP contribution in [0.1, 0.15) is 5.56 Å². The Hall–Kier alpha value is -2.43. The van der Waals surface area contributed by atoms with E-state index in [1.54, 1.807) is 12.1 Å². The number of rotatable bonds is 4. The first-order valence-corrected chi connectivity index (χ1v) is 6.10. The van der Waals surface area contributed by atoms with Gasteiger partial charge in [-0.1, -0.05) is 18.2 Å². The highest BCUT2D eigenvalue weighted by atomic mass is 19.1. The molecule has 4 nitrogen and oxygen atoms in total. The number of hydrogen-bond acceptors (Lipinski definition) is 3. The van der Waals surface area contributed by atoms with Crippen LogP contribution in [0.15, 0.2) is 42.9 Å². The first kappa shape index (κ1) is 11.6. The highest BCUT2D eigenvalue weighted by molar-refractivity contribution is 5.86. The molecule has 96 valence electrons.